The molecule has 0 radical (unpaired) electrons. The maximum absolute atomic E-state index is 12.3. The van der Waals surface area contributed by atoms with E-state index in [-0.39, 0.29) is 17.7 Å². The molecule has 0 aromatic carbocycles. The molecule has 1 aliphatic heterocycles. The average Bonchev–Trinajstić information content (AvgIpc) is 3.10. The number of nitrogens with zero attached hydrogens (tertiary/aromatic N) is 1. The van der Waals surface area contributed by atoms with Crippen LogP contribution < -0.4 is 10.6 Å². The number of hydrogen-bond acceptors (Lipinski definition) is 4. The van der Waals surface area contributed by atoms with E-state index in [0.717, 1.165) is 6.42 Å². The Kier molecular flexibility index (Phi) is 5.32. The molecule has 1 aliphatic rings. The van der Waals surface area contributed by atoms with Crippen LogP contribution in [-0.2, 0) is 14.3 Å². The molecule has 2 atom stereocenters. The third kappa shape index (κ3) is 4.56. The molecule has 0 aliphatic carbocycles. The van der Waals surface area contributed by atoms with Crippen LogP contribution in [0, 0.1) is 5.92 Å². The summed E-state index contributed by atoms with van der Waals surface area (Å²) in [5.74, 6) is 0.338. The predicted molar refractivity (Wildman–Crippen MR) is 77.6 cm³/mol. The summed E-state index contributed by atoms with van der Waals surface area (Å²) in [5, 5.41) is 11.9. The minimum Gasteiger partial charge on any atom is -0.368 e. The first kappa shape index (κ1) is 15.5. The molecule has 0 bridgehead atoms. The van der Waals surface area contributed by atoms with Crippen LogP contribution in [0.5, 0.6) is 0 Å². The van der Waals surface area contributed by atoms with Crippen LogP contribution >= 0.6 is 0 Å². The van der Waals surface area contributed by atoms with Crippen molar-refractivity contribution in [3.8, 4) is 0 Å². The zero-order chi connectivity index (χ0) is 15.2. The van der Waals surface area contributed by atoms with Crippen molar-refractivity contribution >= 4 is 17.6 Å². The summed E-state index contributed by atoms with van der Waals surface area (Å²) in [6.45, 7) is 4.62. The van der Waals surface area contributed by atoms with Gasteiger partial charge in [0.05, 0.1) is 6.20 Å². The number of aromatic nitrogens is 2. The van der Waals surface area contributed by atoms with Gasteiger partial charge in [0.25, 0.3) is 0 Å². The predicted octanol–water partition coefficient (Wildman–Crippen LogP) is 1.06. The zero-order valence-corrected chi connectivity index (χ0v) is 12.4. The van der Waals surface area contributed by atoms with E-state index >= 15 is 0 Å². The SMILES string of the molecule is CC(C)CC(NC(=O)[C@@H]1CCCO1)C(=O)Nc1ccn[nH]1. The summed E-state index contributed by atoms with van der Waals surface area (Å²) < 4.78 is 5.35. The number of rotatable bonds is 6. The van der Waals surface area contributed by atoms with E-state index in [1.165, 1.54) is 0 Å². The van der Waals surface area contributed by atoms with Crippen LogP contribution in [0.3, 0.4) is 0 Å². The van der Waals surface area contributed by atoms with Gasteiger partial charge in [-0.2, -0.15) is 5.10 Å². The number of amides is 2. The van der Waals surface area contributed by atoms with Gasteiger partial charge in [-0.15, -0.1) is 0 Å². The number of anilines is 1. The summed E-state index contributed by atoms with van der Waals surface area (Å²) in [6.07, 6.45) is 3.28. The fourth-order valence-corrected chi connectivity index (χ4v) is 2.30. The largest absolute Gasteiger partial charge is 0.368 e. The Bertz CT molecular complexity index is 467. The minimum absolute atomic E-state index is 0.210. The molecule has 21 heavy (non-hydrogen) atoms. The lowest BCUT2D eigenvalue weighted by Crippen LogP contribution is -2.48. The maximum Gasteiger partial charge on any atom is 0.249 e. The van der Waals surface area contributed by atoms with Crippen LogP contribution in [0.4, 0.5) is 5.82 Å². The van der Waals surface area contributed by atoms with E-state index in [4.69, 9.17) is 4.74 Å². The molecule has 1 aromatic heterocycles. The van der Waals surface area contributed by atoms with E-state index in [1.807, 2.05) is 13.8 Å². The van der Waals surface area contributed by atoms with Crippen LogP contribution in [0.1, 0.15) is 33.1 Å². The molecule has 7 nitrogen and oxygen atoms in total. The van der Waals surface area contributed by atoms with Crippen molar-refractivity contribution in [2.24, 2.45) is 5.92 Å². The maximum atomic E-state index is 12.3. The Morgan fingerprint density at radius 2 is 2.33 bits per heavy atom. The summed E-state index contributed by atoms with van der Waals surface area (Å²) in [6, 6.07) is 1.08. The van der Waals surface area contributed by atoms with Gasteiger partial charge in [-0.3, -0.25) is 14.7 Å². The van der Waals surface area contributed by atoms with Crippen LogP contribution in [0.15, 0.2) is 12.3 Å². The summed E-state index contributed by atoms with van der Waals surface area (Å²) in [4.78, 5) is 24.4. The van der Waals surface area contributed by atoms with Crippen molar-refractivity contribution < 1.29 is 14.3 Å². The number of carbonyl (C=O) groups excluding carboxylic acids is 2. The second-order valence-corrected chi connectivity index (χ2v) is 5.65. The Morgan fingerprint density at radius 1 is 1.52 bits per heavy atom. The van der Waals surface area contributed by atoms with Gasteiger partial charge in [-0.05, 0) is 25.2 Å². The van der Waals surface area contributed by atoms with Crippen molar-refractivity contribution in [2.45, 2.75) is 45.3 Å². The lowest BCUT2D eigenvalue weighted by Gasteiger charge is -2.21. The molecule has 0 spiro atoms. The molecule has 0 saturated carbocycles. The summed E-state index contributed by atoms with van der Waals surface area (Å²) in [7, 11) is 0. The third-order valence-electron chi connectivity index (χ3n) is 3.32. The van der Waals surface area contributed by atoms with Gasteiger partial charge in [0.2, 0.25) is 11.8 Å². The topological polar surface area (TPSA) is 96.1 Å². The van der Waals surface area contributed by atoms with E-state index in [2.05, 4.69) is 20.8 Å². The first-order chi connectivity index (χ1) is 10.1. The average molecular weight is 294 g/mol. The van der Waals surface area contributed by atoms with Crippen LogP contribution in [-0.4, -0.2) is 40.8 Å². The van der Waals surface area contributed by atoms with Crippen LogP contribution in [0.25, 0.3) is 0 Å². The molecule has 1 aromatic rings. The normalized spacial score (nSPS) is 19.5. The number of carbonyl (C=O) groups is 2. The fourth-order valence-electron chi connectivity index (χ4n) is 2.30. The van der Waals surface area contributed by atoms with Crippen molar-refractivity contribution in [2.75, 3.05) is 11.9 Å². The van der Waals surface area contributed by atoms with Gasteiger partial charge < -0.3 is 15.4 Å². The molecule has 116 valence electrons. The molecular formula is C14H22N4O3. The smallest absolute Gasteiger partial charge is 0.249 e. The molecule has 2 amide bonds. The molecule has 2 heterocycles. The van der Waals surface area contributed by atoms with Gasteiger partial charge in [0.15, 0.2) is 0 Å². The molecule has 1 saturated heterocycles. The van der Waals surface area contributed by atoms with Gasteiger partial charge in [-0.1, -0.05) is 13.8 Å². The summed E-state index contributed by atoms with van der Waals surface area (Å²) in [5.41, 5.74) is 0. The van der Waals surface area contributed by atoms with Crippen molar-refractivity contribution in [1.29, 1.82) is 0 Å². The fraction of sp³-hybridized carbons (Fsp3) is 0.643. The van der Waals surface area contributed by atoms with E-state index in [1.54, 1.807) is 12.3 Å². The molecule has 7 heteroatoms. The number of hydrogen-bond donors (Lipinski definition) is 3. The van der Waals surface area contributed by atoms with Crippen LogP contribution in [0.2, 0.25) is 0 Å². The van der Waals surface area contributed by atoms with E-state index < -0.39 is 12.1 Å². The highest BCUT2D eigenvalue weighted by atomic mass is 16.5. The second kappa shape index (κ2) is 7.21. The van der Waals surface area contributed by atoms with Gasteiger partial charge >= 0.3 is 0 Å². The molecule has 2 rings (SSSR count). The Morgan fingerprint density at radius 3 is 2.90 bits per heavy atom. The van der Waals surface area contributed by atoms with Gasteiger partial charge in [0, 0.05) is 12.7 Å². The quantitative estimate of drug-likeness (QED) is 0.731. The molecular weight excluding hydrogens is 272 g/mol. The minimum atomic E-state index is -0.579. The number of ether oxygens (including phenoxy) is 1. The van der Waals surface area contributed by atoms with Crippen molar-refractivity contribution in [1.82, 2.24) is 15.5 Å². The van der Waals surface area contributed by atoms with E-state index in [9.17, 15) is 9.59 Å². The standard InChI is InChI=1S/C14H22N4O3/c1-9(2)8-10(13(19)17-12-5-6-15-18-12)16-14(20)11-4-3-7-21-11/h5-6,9-11H,3-4,7-8H2,1-2H3,(H,16,20)(H2,15,17,18,19)/t10?,11-/m0/s1. The van der Waals surface area contributed by atoms with Gasteiger partial charge in [0.1, 0.15) is 18.0 Å². The summed E-state index contributed by atoms with van der Waals surface area (Å²) >= 11 is 0. The number of aromatic amines is 1. The monoisotopic (exact) mass is 294 g/mol. The molecule has 3 N–H and O–H groups in total. The lowest BCUT2D eigenvalue weighted by atomic mass is 10.0. The number of nitrogens with one attached hydrogen (secondary N) is 3. The Balaban J connectivity index is 1.95. The highest BCUT2D eigenvalue weighted by Crippen LogP contribution is 2.14. The highest BCUT2D eigenvalue weighted by molar-refractivity contribution is 5.97. The first-order valence-electron chi connectivity index (χ1n) is 7.28. The van der Waals surface area contributed by atoms with E-state index in [0.29, 0.717) is 25.3 Å². The zero-order valence-electron chi connectivity index (χ0n) is 12.4. The van der Waals surface area contributed by atoms with Crippen molar-refractivity contribution in [3.05, 3.63) is 12.3 Å². The Hall–Kier alpha value is -1.89. The second-order valence-electron chi connectivity index (χ2n) is 5.65. The lowest BCUT2D eigenvalue weighted by molar-refractivity contribution is -0.133. The molecule has 1 fully saturated rings. The molecule has 1 unspecified atom stereocenters. The van der Waals surface area contributed by atoms with Crippen molar-refractivity contribution in [3.63, 3.8) is 0 Å². The third-order valence-corrected chi connectivity index (χ3v) is 3.32. The number of H-pyrrole nitrogens is 1. The Labute approximate surface area is 123 Å². The van der Waals surface area contributed by atoms with Gasteiger partial charge in [-0.25, -0.2) is 0 Å². The first-order valence-corrected chi connectivity index (χ1v) is 7.28. The highest BCUT2D eigenvalue weighted by Gasteiger charge is 2.28.